The lowest BCUT2D eigenvalue weighted by Crippen LogP contribution is -2.17. The Morgan fingerprint density at radius 1 is 1.33 bits per heavy atom. The van der Waals surface area contributed by atoms with Crippen molar-refractivity contribution in [3.63, 3.8) is 0 Å². The minimum absolute atomic E-state index is 0.00512. The van der Waals surface area contributed by atoms with Gasteiger partial charge in [-0.05, 0) is 18.3 Å². The summed E-state index contributed by atoms with van der Waals surface area (Å²) in [5.74, 6) is 1.10. The number of hydrogen-bond acceptors (Lipinski definition) is 3. The summed E-state index contributed by atoms with van der Waals surface area (Å²) in [4.78, 5) is 0. The molecule has 1 rings (SSSR count). The highest BCUT2D eigenvalue weighted by Crippen LogP contribution is 2.18. The molecule has 0 bridgehead atoms. The molecule has 0 aliphatic heterocycles. The first kappa shape index (κ1) is 15.2. The molecule has 18 heavy (non-hydrogen) atoms. The fourth-order valence-corrected chi connectivity index (χ4v) is 2.08. The van der Waals surface area contributed by atoms with Crippen LogP contribution in [0.5, 0.6) is 0 Å². The summed E-state index contributed by atoms with van der Waals surface area (Å²) in [6.45, 7) is 9.67. The topological polar surface area (TPSA) is 56.7 Å². The van der Waals surface area contributed by atoms with Crippen molar-refractivity contribution < 1.29 is 0 Å². The van der Waals surface area contributed by atoms with Crippen LogP contribution in [0.3, 0.4) is 0 Å². The Kier molecular flexibility index (Phi) is 6.33. The molecule has 0 fully saturated rings. The van der Waals surface area contributed by atoms with Gasteiger partial charge < -0.3 is 5.73 Å². The molecule has 4 nitrogen and oxygen atoms in total. The minimum Gasteiger partial charge on any atom is -0.322 e. The maximum atomic E-state index is 6.08. The van der Waals surface area contributed by atoms with Crippen LogP contribution in [0.2, 0.25) is 0 Å². The molecule has 2 atom stereocenters. The average molecular weight is 252 g/mol. The second-order valence-electron chi connectivity index (χ2n) is 5.55. The molecular weight excluding hydrogens is 224 g/mol. The third kappa shape index (κ3) is 4.41. The van der Waals surface area contributed by atoms with E-state index in [0.717, 1.165) is 12.2 Å². The molecule has 0 saturated heterocycles. The Morgan fingerprint density at radius 3 is 2.61 bits per heavy atom. The van der Waals surface area contributed by atoms with Crippen molar-refractivity contribution in [2.75, 3.05) is 0 Å². The van der Waals surface area contributed by atoms with Gasteiger partial charge in [0.1, 0.15) is 0 Å². The van der Waals surface area contributed by atoms with Crippen LogP contribution in [0.1, 0.15) is 65.1 Å². The van der Waals surface area contributed by atoms with Gasteiger partial charge in [0, 0.05) is 6.54 Å². The van der Waals surface area contributed by atoms with E-state index in [1.165, 1.54) is 25.7 Å². The lowest BCUT2D eigenvalue weighted by molar-refractivity contribution is 0.368. The molecule has 0 aliphatic carbocycles. The molecule has 0 aromatic carbocycles. The highest BCUT2D eigenvalue weighted by atomic mass is 15.4. The summed E-state index contributed by atoms with van der Waals surface area (Å²) >= 11 is 0. The first-order valence-corrected chi connectivity index (χ1v) is 7.24. The van der Waals surface area contributed by atoms with Crippen molar-refractivity contribution in [3.05, 3.63) is 11.9 Å². The molecule has 104 valence electrons. The van der Waals surface area contributed by atoms with E-state index in [9.17, 15) is 0 Å². The third-order valence-electron chi connectivity index (χ3n) is 3.60. The highest BCUT2D eigenvalue weighted by Gasteiger charge is 2.15. The van der Waals surface area contributed by atoms with Gasteiger partial charge in [-0.3, -0.25) is 4.68 Å². The number of hydrogen-bond donors (Lipinski definition) is 1. The van der Waals surface area contributed by atoms with Crippen LogP contribution in [0.25, 0.3) is 0 Å². The van der Waals surface area contributed by atoms with E-state index in [1.807, 2.05) is 10.9 Å². The third-order valence-corrected chi connectivity index (χ3v) is 3.60. The number of nitrogens with two attached hydrogens (primary N) is 1. The van der Waals surface area contributed by atoms with E-state index >= 15 is 0 Å². The second kappa shape index (κ2) is 7.52. The smallest absolute Gasteiger partial charge is 0.0996 e. The predicted octanol–water partition coefficient (Wildman–Crippen LogP) is 3.15. The molecule has 1 aromatic heterocycles. The normalized spacial score (nSPS) is 15.0. The van der Waals surface area contributed by atoms with E-state index < -0.39 is 0 Å². The Hall–Kier alpha value is -0.900. The lowest BCUT2D eigenvalue weighted by atomic mass is 9.99. The van der Waals surface area contributed by atoms with Crippen LogP contribution >= 0.6 is 0 Å². The van der Waals surface area contributed by atoms with Gasteiger partial charge in [0.15, 0.2) is 0 Å². The Morgan fingerprint density at radius 2 is 2.06 bits per heavy atom. The van der Waals surface area contributed by atoms with Gasteiger partial charge in [0.25, 0.3) is 0 Å². The molecule has 4 heteroatoms. The Balaban J connectivity index is 2.56. The maximum absolute atomic E-state index is 6.08. The van der Waals surface area contributed by atoms with Gasteiger partial charge >= 0.3 is 0 Å². The number of aromatic nitrogens is 3. The van der Waals surface area contributed by atoms with Crippen molar-refractivity contribution in [2.24, 2.45) is 17.6 Å². The monoisotopic (exact) mass is 252 g/mol. The summed E-state index contributed by atoms with van der Waals surface area (Å²) in [6.07, 6.45) is 7.05. The van der Waals surface area contributed by atoms with E-state index in [4.69, 9.17) is 5.73 Å². The molecule has 0 aliphatic rings. The molecule has 1 aromatic rings. The molecule has 0 saturated carbocycles. The van der Waals surface area contributed by atoms with Gasteiger partial charge in [-0.25, -0.2) is 0 Å². The van der Waals surface area contributed by atoms with E-state index in [0.29, 0.717) is 11.8 Å². The van der Waals surface area contributed by atoms with Crippen LogP contribution in [0, 0.1) is 11.8 Å². The zero-order chi connectivity index (χ0) is 13.5. The zero-order valence-electron chi connectivity index (χ0n) is 12.3. The molecule has 0 amide bonds. The van der Waals surface area contributed by atoms with Gasteiger partial charge in [-0.15, -0.1) is 5.10 Å². The van der Waals surface area contributed by atoms with Crippen molar-refractivity contribution in [3.8, 4) is 0 Å². The first-order valence-electron chi connectivity index (χ1n) is 7.24. The zero-order valence-corrected chi connectivity index (χ0v) is 12.3. The van der Waals surface area contributed by atoms with Crippen LogP contribution in [0.4, 0.5) is 0 Å². The lowest BCUT2D eigenvalue weighted by Gasteiger charge is -2.14. The van der Waals surface area contributed by atoms with Crippen molar-refractivity contribution in [2.45, 2.75) is 66.0 Å². The van der Waals surface area contributed by atoms with Crippen LogP contribution < -0.4 is 5.73 Å². The highest BCUT2D eigenvalue weighted by molar-refractivity contribution is 5.00. The second-order valence-corrected chi connectivity index (χ2v) is 5.55. The van der Waals surface area contributed by atoms with Gasteiger partial charge in [-0.1, -0.05) is 52.2 Å². The average Bonchev–Trinajstić information content (AvgIpc) is 2.81. The quantitative estimate of drug-likeness (QED) is 0.773. The van der Waals surface area contributed by atoms with Gasteiger partial charge in [0.05, 0.1) is 17.9 Å². The molecule has 0 radical (unpaired) electrons. The minimum atomic E-state index is -0.00512. The SMILES string of the molecule is CCCCC(CC)Cn1cc(C(N)C(C)C)nn1. The van der Waals surface area contributed by atoms with Gasteiger partial charge in [-0.2, -0.15) is 0 Å². The van der Waals surface area contributed by atoms with Crippen LogP contribution in [-0.4, -0.2) is 15.0 Å². The summed E-state index contributed by atoms with van der Waals surface area (Å²) in [6, 6.07) is -0.00512. The molecule has 2 N–H and O–H groups in total. The number of unbranched alkanes of at least 4 members (excludes halogenated alkanes) is 1. The fraction of sp³-hybridized carbons (Fsp3) is 0.857. The van der Waals surface area contributed by atoms with E-state index in [1.54, 1.807) is 0 Å². The Labute approximate surface area is 111 Å². The Bertz CT molecular complexity index is 332. The molecule has 2 unspecified atom stereocenters. The number of rotatable bonds is 8. The summed E-state index contributed by atoms with van der Waals surface area (Å²) in [5.41, 5.74) is 6.99. The van der Waals surface area contributed by atoms with Crippen LogP contribution in [-0.2, 0) is 6.54 Å². The molecule has 0 spiro atoms. The number of nitrogens with zero attached hydrogens (tertiary/aromatic N) is 3. The van der Waals surface area contributed by atoms with Gasteiger partial charge in [0.2, 0.25) is 0 Å². The molecule has 1 heterocycles. The predicted molar refractivity (Wildman–Crippen MR) is 75.1 cm³/mol. The molecular formula is C14H28N4. The van der Waals surface area contributed by atoms with Crippen molar-refractivity contribution >= 4 is 0 Å². The van der Waals surface area contributed by atoms with E-state index in [-0.39, 0.29) is 6.04 Å². The fourth-order valence-electron chi connectivity index (χ4n) is 2.08. The summed E-state index contributed by atoms with van der Waals surface area (Å²) in [5, 5.41) is 8.40. The maximum Gasteiger partial charge on any atom is 0.0996 e. The summed E-state index contributed by atoms with van der Waals surface area (Å²) in [7, 11) is 0. The largest absolute Gasteiger partial charge is 0.322 e. The summed E-state index contributed by atoms with van der Waals surface area (Å²) < 4.78 is 1.96. The van der Waals surface area contributed by atoms with Crippen molar-refractivity contribution in [1.82, 2.24) is 15.0 Å². The first-order chi connectivity index (χ1) is 8.58. The van der Waals surface area contributed by atoms with Crippen LogP contribution in [0.15, 0.2) is 6.20 Å². The van der Waals surface area contributed by atoms with Crippen molar-refractivity contribution in [1.29, 1.82) is 0 Å². The van der Waals surface area contributed by atoms with E-state index in [2.05, 4.69) is 38.0 Å². The standard InChI is InChI=1S/C14H28N4/c1-5-7-8-12(6-2)9-18-10-13(16-17-18)14(15)11(3)4/h10-12,14H,5-9,15H2,1-4H3.